The Kier molecular flexibility index (Phi) is 4.02. The molecule has 0 aliphatic carbocycles. The lowest BCUT2D eigenvalue weighted by molar-refractivity contribution is 0.102. The highest BCUT2D eigenvalue weighted by Crippen LogP contribution is 2.22. The third-order valence-electron chi connectivity index (χ3n) is 3.17. The minimum Gasteiger partial charge on any atom is -0.469 e. The van der Waals surface area contributed by atoms with Gasteiger partial charge in [-0.1, -0.05) is 12.1 Å². The first kappa shape index (κ1) is 14.5. The summed E-state index contributed by atoms with van der Waals surface area (Å²) in [5.74, 6) is 0.0750. The molecule has 0 saturated carbocycles. The molecule has 3 rings (SSSR count). The number of aromatic nitrogens is 1. The molecule has 0 aliphatic heterocycles. The second kappa shape index (κ2) is 6.11. The van der Waals surface area contributed by atoms with Crippen LogP contribution < -0.4 is 5.32 Å². The van der Waals surface area contributed by atoms with Crippen molar-refractivity contribution in [3.63, 3.8) is 0 Å². The number of aryl methyl sites for hydroxylation is 1. The number of halogens is 1. The number of carbonyl (C=O) groups excluding carboxylic acids is 1. The topological polar surface area (TPSA) is 55.1 Å². The van der Waals surface area contributed by atoms with E-state index in [0.29, 0.717) is 22.9 Å². The number of carbonyl (C=O) groups is 1. The number of benzene rings is 1. The van der Waals surface area contributed by atoms with Crippen LogP contribution in [-0.2, 0) is 6.42 Å². The molecule has 2 aromatic heterocycles. The molecule has 0 bridgehead atoms. The van der Waals surface area contributed by atoms with Gasteiger partial charge in [0.25, 0.3) is 5.91 Å². The Hall–Kier alpha value is -2.47. The van der Waals surface area contributed by atoms with Crippen LogP contribution in [0, 0.1) is 12.7 Å². The summed E-state index contributed by atoms with van der Waals surface area (Å²) in [5.41, 5.74) is 1.49. The Morgan fingerprint density at radius 3 is 2.77 bits per heavy atom. The summed E-state index contributed by atoms with van der Waals surface area (Å²) in [6.45, 7) is 1.73. The van der Waals surface area contributed by atoms with Crippen molar-refractivity contribution in [2.45, 2.75) is 13.3 Å². The summed E-state index contributed by atoms with van der Waals surface area (Å²) >= 11 is 1.40. The molecule has 0 spiro atoms. The van der Waals surface area contributed by atoms with Crippen LogP contribution in [0.3, 0.4) is 0 Å². The minimum absolute atomic E-state index is 0.242. The predicted octanol–water partition coefficient (Wildman–Crippen LogP) is 4.03. The van der Waals surface area contributed by atoms with Crippen LogP contribution in [0.5, 0.6) is 0 Å². The lowest BCUT2D eigenvalue weighted by atomic mass is 10.1. The number of hydrogen-bond acceptors (Lipinski definition) is 4. The molecule has 22 heavy (non-hydrogen) atoms. The number of anilines is 1. The van der Waals surface area contributed by atoms with E-state index >= 15 is 0 Å². The summed E-state index contributed by atoms with van der Waals surface area (Å²) < 4.78 is 18.0. The summed E-state index contributed by atoms with van der Waals surface area (Å²) in [7, 11) is 0. The number of amides is 1. The van der Waals surface area contributed by atoms with Gasteiger partial charge in [0, 0.05) is 17.5 Å². The fourth-order valence-corrected chi connectivity index (χ4v) is 2.88. The molecule has 4 nitrogen and oxygen atoms in total. The molecule has 1 aromatic carbocycles. The molecule has 0 fully saturated rings. The van der Waals surface area contributed by atoms with Crippen LogP contribution in [0.1, 0.15) is 26.6 Å². The third-order valence-corrected chi connectivity index (χ3v) is 4.08. The first-order valence-corrected chi connectivity index (χ1v) is 7.48. The van der Waals surface area contributed by atoms with Gasteiger partial charge in [-0.15, -0.1) is 11.3 Å². The molecule has 0 aliphatic rings. The maximum atomic E-state index is 12.9. The molecule has 1 N–H and O–H groups in total. The molecule has 0 unspecified atom stereocenters. The van der Waals surface area contributed by atoms with Crippen molar-refractivity contribution in [3.05, 3.63) is 70.4 Å². The maximum Gasteiger partial charge on any atom is 0.260 e. The molecular weight excluding hydrogens is 303 g/mol. The van der Waals surface area contributed by atoms with Crippen molar-refractivity contribution in [2.75, 3.05) is 5.32 Å². The van der Waals surface area contributed by atoms with Gasteiger partial charge < -0.3 is 4.42 Å². The number of nitrogens with one attached hydrogen (secondary N) is 1. The van der Waals surface area contributed by atoms with E-state index in [0.717, 1.165) is 10.4 Å². The van der Waals surface area contributed by atoms with Crippen LogP contribution in [0.15, 0.2) is 47.2 Å². The molecule has 112 valence electrons. The second-order valence-corrected chi connectivity index (χ2v) is 5.89. The molecule has 0 atom stereocenters. The zero-order valence-electron chi connectivity index (χ0n) is 11.8. The Labute approximate surface area is 130 Å². The van der Waals surface area contributed by atoms with Crippen LogP contribution in [0.4, 0.5) is 9.52 Å². The average Bonchev–Trinajstić information content (AvgIpc) is 3.10. The normalized spacial score (nSPS) is 10.6. The smallest absolute Gasteiger partial charge is 0.260 e. The Bertz CT molecular complexity index is 793. The van der Waals surface area contributed by atoms with E-state index in [2.05, 4.69) is 10.3 Å². The number of nitrogens with zero attached hydrogens (tertiary/aromatic N) is 1. The maximum absolute atomic E-state index is 12.9. The van der Waals surface area contributed by atoms with Crippen molar-refractivity contribution in [1.29, 1.82) is 0 Å². The number of furan rings is 1. The number of hydrogen-bond donors (Lipinski definition) is 1. The number of rotatable bonds is 4. The SMILES string of the molecule is Cc1occc1C(=O)Nc1ncc(Cc2ccc(F)cc2)s1. The van der Waals surface area contributed by atoms with Gasteiger partial charge in [0.15, 0.2) is 5.13 Å². The lowest BCUT2D eigenvalue weighted by Gasteiger charge is -1.99. The van der Waals surface area contributed by atoms with Crippen LogP contribution >= 0.6 is 11.3 Å². The molecule has 1 amide bonds. The fourth-order valence-electron chi connectivity index (χ4n) is 2.04. The standard InChI is InChI=1S/C16H13FN2O2S/c1-10-14(6-7-21-10)15(20)19-16-18-9-13(22-16)8-11-2-4-12(17)5-3-11/h2-7,9H,8H2,1H3,(H,18,19,20). The monoisotopic (exact) mass is 316 g/mol. The van der Waals surface area contributed by atoms with Crippen molar-refractivity contribution in [1.82, 2.24) is 4.98 Å². The van der Waals surface area contributed by atoms with Crippen molar-refractivity contribution in [3.8, 4) is 0 Å². The van der Waals surface area contributed by atoms with Gasteiger partial charge in [-0.2, -0.15) is 0 Å². The van der Waals surface area contributed by atoms with E-state index in [1.165, 1.54) is 29.7 Å². The van der Waals surface area contributed by atoms with Gasteiger partial charge in [-0.25, -0.2) is 9.37 Å². The van der Waals surface area contributed by atoms with Gasteiger partial charge in [0.1, 0.15) is 11.6 Å². The highest BCUT2D eigenvalue weighted by molar-refractivity contribution is 7.15. The lowest BCUT2D eigenvalue weighted by Crippen LogP contribution is -2.11. The largest absolute Gasteiger partial charge is 0.469 e. The first-order valence-electron chi connectivity index (χ1n) is 6.66. The van der Waals surface area contributed by atoms with Gasteiger partial charge in [0.05, 0.1) is 11.8 Å². The van der Waals surface area contributed by atoms with Gasteiger partial charge >= 0.3 is 0 Å². The fraction of sp³-hybridized carbons (Fsp3) is 0.125. The van der Waals surface area contributed by atoms with E-state index in [1.54, 1.807) is 31.3 Å². The van der Waals surface area contributed by atoms with Crippen molar-refractivity contribution >= 4 is 22.4 Å². The highest BCUT2D eigenvalue weighted by Gasteiger charge is 2.13. The third kappa shape index (κ3) is 3.23. The summed E-state index contributed by atoms with van der Waals surface area (Å²) in [5, 5.41) is 3.28. The molecule has 0 saturated heterocycles. The van der Waals surface area contributed by atoms with Crippen LogP contribution in [-0.4, -0.2) is 10.9 Å². The van der Waals surface area contributed by atoms with Gasteiger partial charge in [-0.05, 0) is 30.7 Å². The summed E-state index contributed by atoms with van der Waals surface area (Å²) in [6, 6.07) is 7.96. The average molecular weight is 316 g/mol. The van der Waals surface area contributed by atoms with E-state index in [-0.39, 0.29) is 11.7 Å². The van der Waals surface area contributed by atoms with E-state index in [9.17, 15) is 9.18 Å². The van der Waals surface area contributed by atoms with E-state index in [4.69, 9.17) is 4.42 Å². The summed E-state index contributed by atoms with van der Waals surface area (Å²) in [4.78, 5) is 17.2. The molecule has 3 aromatic rings. The molecule has 6 heteroatoms. The van der Waals surface area contributed by atoms with Crippen molar-refractivity contribution in [2.24, 2.45) is 0 Å². The van der Waals surface area contributed by atoms with Gasteiger partial charge in [-0.3, -0.25) is 10.1 Å². The quantitative estimate of drug-likeness (QED) is 0.790. The minimum atomic E-state index is -0.253. The Morgan fingerprint density at radius 2 is 2.09 bits per heavy atom. The molecular formula is C16H13FN2O2S. The summed E-state index contributed by atoms with van der Waals surface area (Å²) in [6.07, 6.45) is 3.84. The Balaban J connectivity index is 1.67. The molecule has 0 radical (unpaired) electrons. The second-order valence-electron chi connectivity index (χ2n) is 4.78. The molecule has 2 heterocycles. The first-order chi connectivity index (χ1) is 10.6. The van der Waals surface area contributed by atoms with Crippen LogP contribution in [0.2, 0.25) is 0 Å². The Morgan fingerprint density at radius 1 is 1.32 bits per heavy atom. The number of thiazole rings is 1. The van der Waals surface area contributed by atoms with Crippen LogP contribution in [0.25, 0.3) is 0 Å². The highest BCUT2D eigenvalue weighted by atomic mass is 32.1. The zero-order valence-corrected chi connectivity index (χ0v) is 12.6. The predicted molar refractivity (Wildman–Crippen MR) is 82.7 cm³/mol. The zero-order chi connectivity index (χ0) is 15.5. The van der Waals surface area contributed by atoms with E-state index in [1.807, 2.05) is 0 Å². The van der Waals surface area contributed by atoms with E-state index < -0.39 is 0 Å². The van der Waals surface area contributed by atoms with Gasteiger partial charge in [0.2, 0.25) is 0 Å². The van der Waals surface area contributed by atoms with Crippen molar-refractivity contribution < 1.29 is 13.6 Å².